The number of primary amides is 1. The van der Waals surface area contributed by atoms with Crippen LogP contribution < -0.4 is 11.1 Å². The summed E-state index contributed by atoms with van der Waals surface area (Å²) in [4.78, 5) is 10.7. The van der Waals surface area contributed by atoms with Gasteiger partial charge in [0.2, 0.25) is 0 Å². The third-order valence-electron chi connectivity index (χ3n) is 2.04. The third kappa shape index (κ3) is 3.13. The number of anilines is 1. The Morgan fingerprint density at radius 1 is 1.40 bits per heavy atom. The molecule has 0 saturated carbocycles. The van der Waals surface area contributed by atoms with Crippen LogP contribution in [0.15, 0.2) is 18.2 Å². The fourth-order valence-corrected chi connectivity index (χ4v) is 1.72. The first-order valence-electron chi connectivity index (χ1n) is 4.67. The maximum absolute atomic E-state index is 10.7. The molecule has 0 spiro atoms. The second-order valence-electron chi connectivity index (χ2n) is 4.43. The Hall–Kier alpha value is -1.22. The van der Waals surface area contributed by atoms with E-state index in [2.05, 4.69) is 26.1 Å². The first kappa shape index (κ1) is 11.9. The molecule has 1 aromatic carbocycles. The molecule has 0 heterocycles. The summed E-state index contributed by atoms with van der Waals surface area (Å²) in [7, 11) is 0. The molecule has 1 rings (SSSR count). The molecular formula is C11H15ClN2O. The molecular weight excluding hydrogens is 212 g/mol. The number of nitrogens with one attached hydrogen (secondary N) is 1. The molecule has 0 fully saturated rings. The largest absolute Gasteiger partial charge is 0.351 e. The van der Waals surface area contributed by atoms with Crippen molar-refractivity contribution >= 4 is 23.3 Å². The molecule has 4 heteroatoms. The van der Waals surface area contributed by atoms with Gasteiger partial charge >= 0.3 is 6.03 Å². The van der Waals surface area contributed by atoms with Crippen LogP contribution in [0, 0.1) is 0 Å². The number of benzene rings is 1. The van der Waals surface area contributed by atoms with E-state index in [9.17, 15) is 4.79 Å². The van der Waals surface area contributed by atoms with Crippen molar-refractivity contribution in [3.05, 3.63) is 28.8 Å². The first-order valence-corrected chi connectivity index (χ1v) is 5.05. The smallest absolute Gasteiger partial charge is 0.316 e. The number of hydrogen-bond acceptors (Lipinski definition) is 1. The van der Waals surface area contributed by atoms with E-state index in [1.165, 1.54) is 0 Å². The molecule has 0 aliphatic heterocycles. The van der Waals surface area contributed by atoms with Crippen LogP contribution in [0.4, 0.5) is 10.5 Å². The van der Waals surface area contributed by atoms with E-state index in [0.29, 0.717) is 10.7 Å². The van der Waals surface area contributed by atoms with Gasteiger partial charge in [-0.05, 0) is 29.2 Å². The zero-order chi connectivity index (χ0) is 11.6. The van der Waals surface area contributed by atoms with Gasteiger partial charge in [-0.3, -0.25) is 0 Å². The van der Waals surface area contributed by atoms with Crippen LogP contribution in [-0.2, 0) is 5.41 Å². The summed E-state index contributed by atoms with van der Waals surface area (Å²) >= 11 is 6.07. The van der Waals surface area contributed by atoms with Crippen molar-refractivity contribution in [2.75, 3.05) is 5.32 Å². The molecule has 2 amide bonds. The van der Waals surface area contributed by atoms with Gasteiger partial charge in [0, 0.05) is 10.7 Å². The predicted molar refractivity (Wildman–Crippen MR) is 63.4 cm³/mol. The number of carbonyl (C=O) groups excluding carboxylic acids is 1. The van der Waals surface area contributed by atoms with Gasteiger partial charge in [-0.2, -0.15) is 0 Å². The Labute approximate surface area is 94.6 Å². The van der Waals surface area contributed by atoms with Gasteiger partial charge in [0.15, 0.2) is 0 Å². The first-order chi connectivity index (χ1) is 6.80. The van der Waals surface area contributed by atoms with Crippen molar-refractivity contribution in [2.24, 2.45) is 5.73 Å². The molecule has 0 atom stereocenters. The second-order valence-corrected chi connectivity index (χ2v) is 4.84. The Balaban J connectivity index is 3.11. The summed E-state index contributed by atoms with van der Waals surface area (Å²) in [6.07, 6.45) is 0. The quantitative estimate of drug-likeness (QED) is 0.760. The van der Waals surface area contributed by atoms with Gasteiger partial charge in [-0.25, -0.2) is 4.79 Å². The van der Waals surface area contributed by atoms with Crippen molar-refractivity contribution in [2.45, 2.75) is 26.2 Å². The van der Waals surface area contributed by atoms with Crippen LogP contribution in [0.3, 0.4) is 0 Å². The Kier molecular flexibility index (Phi) is 3.25. The number of rotatable bonds is 1. The molecule has 15 heavy (non-hydrogen) atoms. The predicted octanol–water partition coefficient (Wildman–Crippen LogP) is 3.13. The normalized spacial score (nSPS) is 11.2. The summed E-state index contributed by atoms with van der Waals surface area (Å²) in [6, 6.07) is 4.75. The van der Waals surface area contributed by atoms with Gasteiger partial charge in [0.1, 0.15) is 0 Å². The highest BCUT2D eigenvalue weighted by Gasteiger charge is 2.17. The lowest BCUT2D eigenvalue weighted by Crippen LogP contribution is -2.20. The SMILES string of the molecule is CC(C)(C)c1cc(NC(N)=O)ccc1Cl. The van der Waals surface area contributed by atoms with Crippen LogP contribution in [0.25, 0.3) is 0 Å². The fourth-order valence-electron chi connectivity index (χ4n) is 1.32. The number of amides is 2. The molecule has 0 unspecified atom stereocenters. The Morgan fingerprint density at radius 2 is 2.00 bits per heavy atom. The highest BCUT2D eigenvalue weighted by Crippen LogP contribution is 2.31. The van der Waals surface area contributed by atoms with Crippen molar-refractivity contribution in [1.82, 2.24) is 0 Å². The molecule has 82 valence electrons. The highest BCUT2D eigenvalue weighted by molar-refractivity contribution is 6.31. The minimum absolute atomic E-state index is 0.0631. The minimum atomic E-state index is -0.572. The van der Waals surface area contributed by atoms with Gasteiger partial charge in [-0.1, -0.05) is 32.4 Å². The summed E-state index contributed by atoms with van der Waals surface area (Å²) in [5, 5.41) is 3.22. The van der Waals surface area contributed by atoms with Crippen LogP contribution in [0.5, 0.6) is 0 Å². The Bertz CT molecular complexity index is 383. The summed E-state index contributed by atoms with van der Waals surface area (Å²) in [5.74, 6) is 0. The molecule has 0 bridgehead atoms. The maximum atomic E-state index is 10.7. The molecule has 0 aliphatic carbocycles. The van der Waals surface area contributed by atoms with Gasteiger partial charge < -0.3 is 11.1 Å². The van der Waals surface area contributed by atoms with Crippen molar-refractivity contribution < 1.29 is 4.79 Å². The molecule has 0 aromatic heterocycles. The number of carbonyl (C=O) groups is 1. The average Bonchev–Trinajstić information content (AvgIpc) is 2.05. The average molecular weight is 227 g/mol. The summed E-state index contributed by atoms with van der Waals surface area (Å²) in [6.45, 7) is 6.17. The monoisotopic (exact) mass is 226 g/mol. The molecule has 0 radical (unpaired) electrons. The standard InChI is InChI=1S/C11H15ClN2O/c1-11(2,3)8-6-7(14-10(13)15)4-5-9(8)12/h4-6H,1-3H3,(H3,13,14,15). The maximum Gasteiger partial charge on any atom is 0.316 e. The zero-order valence-corrected chi connectivity index (χ0v) is 9.85. The molecule has 3 N–H and O–H groups in total. The Morgan fingerprint density at radius 3 is 2.47 bits per heavy atom. The minimum Gasteiger partial charge on any atom is -0.351 e. The van der Waals surface area contributed by atoms with E-state index in [1.54, 1.807) is 12.1 Å². The topological polar surface area (TPSA) is 55.1 Å². The van der Waals surface area contributed by atoms with Crippen LogP contribution in [0.1, 0.15) is 26.3 Å². The van der Waals surface area contributed by atoms with Crippen LogP contribution in [-0.4, -0.2) is 6.03 Å². The van der Waals surface area contributed by atoms with Crippen LogP contribution >= 0.6 is 11.6 Å². The van der Waals surface area contributed by atoms with E-state index in [4.69, 9.17) is 17.3 Å². The molecule has 0 aliphatic rings. The lowest BCUT2D eigenvalue weighted by molar-refractivity contribution is 0.259. The fraction of sp³-hybridized carbons (Fsp3) is 0.364. The second kappa shape index (κ2) is 4.11. The molecule has 0 saturated heterocycles. The molecule has 3 nitrogen and oxygen atoms in total. The lowest BCUT2D eigenvalue weighted by Gasteiger charge is -2.21. The van der Waals surface area contributed by atoms with E-state index < -0.39 is 6.03 Å². The van der Waals surface area contributed by atoms with Gasteiger partial charge in [0.05, 0.1) is 0 Å². The van der Waals surface area contributed by atoms with E-state index in [1.807, 2.05) is 6.07 Å². The van der Waals surface area contributed by atoms with Gasteiger partial charge in [-0.15, -0.1) is 0 Å². The number of halogens is 1. The summed E-state index contributed by atoms with van der Waals surface area (Å²) < 4.78 is 0. The van der Waals surface area contributed by atoms with E-state index in [-0.39, 0.29) is 5.41 Å². The highest BCUT2D eigenvalue weighted by atomic mass is 35.5. The lowest BCUT2D eigenvalue weighted by atomic mass is 9.87. The zero-order valence-electron chi connectivity index (χ0n) is 9.10. The van der Waals surface area contributed by atoms with E-state index >= 15 is 0 Å². The van der Waals surface area contributed by atoms with Gasteiger partial charge in [0.25, 0.3) is 0 Å². The van der Waals surface area contributed by atoms with Crippen molar-refractivity contribution in [1.29, 1.82) is 0 Å². The number of urea groups is 1. The third-order valence-corrected chi connectivity index (χ3v) is 2.37. The van der Waals surface area contributed by atoms with Crippen LogP contribution in [0.2, 0.25) is 5.02 Å². The molecule has 1 aromatic rings. The number of hydrogen-bond donors (Lipinski definition) is 2. The van der Waals surface area contributed by atoms with E-state index in [0.717, 1.165) is 5.56 Å². The number of nitrogens with two attached hydrogens (primary N) is 1. The van der Waals surface area contributed by atoms with Crippen molar-refractivity contribution in [3.8, 4) is 0 Å². The van der Waals surface area contributed by atoms with Crippen molar-refractivity contribution in [3.63, 3.8) is 0 Å². The summed E-state index contributed by atoms with van der Waals surface area (Å²) in [5.41, 5.74) is 6.62.